The third-order valence-electron chi connectivity index (χ3n) is 4.11. The Morgan fingerprint density at radius 2 is 2.04 bits per heavy atom. The van der Waals surface area contributed by atoms with Crippen LogP contribution < -0.4 is 10.6 Å². The van der Waals surface area contributed by atoms with Gasteiger partial charge >= 0.3 is 0 Å². The predicted molar refractivity (Wildman–Crippen MR) is 92.5 cm³/mol. The van der Waals surface area contributed by atoms with E-state index in [2.05, 4.69) is 15.8 Å². The molecule has 1 aromatic rings. The van der Waals surface area contributed by atoms with Crippen molar-refractivity contribution in [3.8, 4) is 0 Å². The summed E-state index contributed by atoms with van der Waals surface area (Å²) in [5.41, 5.74) is 1.54. The monoisotopic (exact) mass is 365 g/mol. The summed E-state index contributed by atoms with van der Waals surface area (Å²) in [6.45, 7) is 1.12. The smallest absolute Gasteiger partial charge is 0.264 e. The van der Waals surface area contributed by atoms with E-state index in [1.54, 1.807) is 12.1 Å². The quantitative estimate of drug-likeness (QED) is 0.794. The number of carbonyl (C=O) groups excluding carboxylic acids is 2. The van der Waals surface area contributed by atoms with E-state index in [4.69, 9.17) is 21.2 Å². The number of ether oxygens (including phenoxy) is 1. The Balaban J connectivity index is 1.39. The van der Waals surface area contributed by atoms with Gasteiger partial charge in [-0.25, -0.2) is 0 Å². The summed E-state index contributed by atoms with van der Waals surface area (Å²) in [6, 6.07) is 7.16. The van der Waals surface area contributed by atoms with Gasteiger partial charge in [0.05, 0.1) is 18.4 Å². The van der Waals surface area contributed by atoms with Gasteiger partial charge in [-0.15, -0.1) is 0 Å². The van der Waals surface area contributed by atoms with E-state index < -0.39 is 6.10 Å². The van der Waals surface area contributed by atoms with E-state index in [1.165, 1.54) is 0 Å². The predicted octanol–water partition coefficient (Wildman–Crippen LogP) is 1.24. The summed E-state index contributed by atoms with van der Waals surface area (Å²) < 4.78 is 5.43. The van der Waals surface area contributed by atoms with E-state index in [0.717, 1.165) is 25.0 Å². The number of hydrogen-bond donors (Lipinski definition) is 2. The summed E-state index contributed by atoms with van der Waals surface area (Å²) in [4.78, 5) is 29.1. The molecule has 1 aromatic carbocycles. The van der Waals surface area contributed by atoms with Crippen molar-refractivity contribution in [2.24, 2.45) is 5.16 Å². The van der Waals surface area contributed by atoms with Crippen LogP contribution in [0, 0.1) is 0 Å². The standard InChI is InChI=1S/C17H20ClN3O4/c18-12-5-3-11(4-6-12)14-8-15(25-21-14)17(23)20-10-16(22)19-9-13-2-1-7-24-13/h3-6,13,15H,1-2,7-10H2,(H,19,22)(H,20,23). The molecular weight excluding hydrogens is 346 g/mol. The highest BCUT2D eigenvalue weighted by Gasteiger charge is 2.29. The van der Waals surface area contributed by atoms with Gasteiger partial charge < -0.3 is 20.2 Å². The van der Waals surface area contributed by atoms with Crippen molar-refractivity contribution >= 4 is 29.1 Å². The molecule has 7 nitrogen and oxygen atoms in total. The van der Waals surface area contributed by atoms with Crippen molar-refractivity contribution in [1.82, 2.24) is 10.6 Å². The number of amides is 2. The zero-order chi connectivity index (χ0) is 17.6. The molecule has 2 heterocycles. The van der Waals surface area contributed by atoms with Gasteiger partial charge in [0.1, 0.15) is 0 Å². The second-order valence-corrected chi connectivity index (χ2v) is 6.44. The van der Waals surface area contributed by atoms with Gasteiger partial charge in [-0.1, -0.05) is 28.9 Å². The van der Waals surface area contributed by atoms with Crippen molar-refractivity contribution in [1.29, 1.82) is 0 Å². The molecule has 3 rings (SSSR count). The van der Waals surface area contributed by atoms with Crippen LogP contribution in [-0.2, 0) is 19.2 Å². The van der Waals surface area contributed by atoms with Crippen molar-refractivity contribution in [2.75, 3.05) is 19.7 Å². The summed E-state index contributed by atoms with van der Waals surface area (Å²) in [5, 5.41) is 9.90. The Kier molecular flexibility index (Phi) is 5.88. The maximum atomic E-state index is 12.1. The molecule has 0 bridgehead atoms. The van der Waals surface area contributed by atoms with Crippen LogP contribution >= 0.6 is 11.6 Å². The second-order valence-electron chi connectivity index (χ2n) is 6.00. The summed E-state index contributed by atoms with van der Waals surface area (Å²) in [6.07, 6.45) is 1.68. The number of hydrogen-bond acceptors (Lipinski definition) is 5. The van der Waals surface area contributed by atoms with E-state index in [0.29, 0.717) is 23.7 Å². The Labute approximate surface area is 150 Å². The third kappa shape index (κ3) is 4.93. The average molecular weight is 366 g/mol. The summed E-state index contributed by atoms with van der Waals surface area (Å²) >= 11 is 5.85. The molecule has 0 aromatic heterocycles. The summed E-state index contributed by atoms with van der Waals surface area (Å²) in [7, 11) is 0. The molecule has 8 heteroatoms. The first-order chi connectivity index (χ1) is 12.1. The highest BCUT2D eigenvalue weighted by Crippen LogP contribution is 2.18. The van der Waals surface area contributed by atoms with Crippen LogP contribution in [0.5, 0.6) is 0 Å². The molecule has 25 heavy (non-hydrogen) atoms. The number of oxime groups is 1. The zero-order valence-corrected chi connectivity index (χ0v) is 14.4. The van der Waals surface area contributed by atoms with E-state index >= 15 is 0 Å². The fourth-order valence-corrected chi connectivity index (χ4v) is 2.83. The first-order valence-corrected chi connectivity index (χ1v) is 8.64. The molecular formula is C17H20ClN3O4. The van der Waals surface area contributed by atoms with Gasteiger partial charge in [-0.3, -0.25) is 9.59 Å². The number of nitrogens with one attached hydrogen (secondary N) is 2. The van der Waals surface area contributed by atoms with Crippen LogP contribution in [0.3, 0.4) is 0 Å². The van der Waals surface area contributed by atoms with Gasteiger partial charge in [-0.05, 0) is 30.5 Å². The number of halogens is 1. The molecule has 2 atom stereocenters. The maximum Gasteiger partial charge on any atom is 0.264 e. The second kappa shape index (κ2) is 8.31. The number of rotatable bonds is 6. The number of nitrogens with zero attached hydrogens (tertiary/aromatic N) is 1. The van der Waals surface area contributed by atoms with Crippen LogP contribution in [0.25, 0.3) is 0 Å². The molecule has 0 spiro atoms. The first kappa shape index (κ1) is 17.7. The van der Waals surface area contributed by atoms with E-state index in [1.807, 2.05) is 12.1 Å². The Hall–Kier alpha value is -2.12. The first-order valence-electron chi connectivity index (χ1n) is 8.26. The molecule has 2 N–H and O–H groups in total. The SMILES string of the molecule is O=C(CNC(=O)C1CC(c2ccc(Cl)cc2)=NO1)NCC1CCCO1. The molecule has 0 aliphatic carbocycles. The third-order valence-corrected chi connectivity index (χ3v) is 4.36. The van der Waals surface area contributed by atoms with Crippen LogP contribution in [0.15, 0.2) is 29.4 Å². The van der Waals surface area contributed by atoms with Gasteiger partial charge in [0.15, 0.2) is 0 Å². The molecule has 0 radical (unpaired) electrons. The number of benzene rings is 1. The lowest BCUT2D eigenvalue weighted by Crippen LogP contribution is -2.43. The van der Waals surface area contributed by atoms with Crippen molar-refractivity contribution in [3.63, 3.8) is 0 Å². The van der Waals surface area contributed by atoms with Gasteiger partial charge in [0.2, 0.25) is 12.0 Å². The molecule has 1 fully saturated rings. The lowest BCUT2D eigenvalue weighted by Gasteiger charge is -2.12. The average Bonchev–Trinajstić information content (AvgIpc) is 3.30. The van der Waals surface area contributed by atoms with E-state index in [-0.39, 0.29) is 24.5 Å². The lowest BCUT2D eigenvalue weighted by molar-refractivity contribution is -0.133. The highest BCUT2D eigenvalue weighted by molar-refractivity contribution is 6.30. The molecule has 0 saturated carbocycles. The maximum absolute atomic E-state index is 12.1. The number of carbonyl (C=O) groups is 2. The topological polar surface area (TPSA) is 89.0 Å². The van der Waals surface area contributed by atoms with Crippen molar-refractivity contribution in [3.05, 3.63) is 34.9 Å². The van der Waals surface area contributed by atoms with Crippen LogP contribution in [0.2, 0.25) is 5.02 Å². The minimum Gasteiger partial charge on any atom is -0.382 e. The highest BCUT2D eigenvalue weighted by atomic mass is 35.5. The molecule has 2 aliphatic rings. The Bertz CT molecular complexity index is 656. The molecule has 2 unspecified atom stereocenters. The molecule has 134 valence electrons. The fourth-order valence-electron chi connectivity index (χ4n) is 2.71. The summed E-state index contributed by atoms with van der Waals surface area (Å²) in [5.74, 6) is -0.610. The minimum absolute atomic E-state index is 0.0770. The molecule has 1 saturated heterocycles. The lowest BCUT2D eigenvalue weighted by atomic mass is 10.0. The van der Waals surface area contributed by atoms with Gasteiger partial charge in [0, 0.05) is 24.6 Å². The van der Waals surface area contributed by atoms with Crippen LogP contribution in [0.4, 0.5) is 0 Å². The van der Waals surface area contributed by atoms with Gasteiger partial charge in [-0.2, -0.15) is 0 Å². The largest absolute Gasteiger partial charge is 0.382 e. The van der Waals surface area contributed by atoms with E-state index in [9.17, 15) is 9.59 Å². The Morgan fingerprint density at radius 3 is 2.76 bits per heavy atom. The van der Waals surface area contributed by atoms with Crippen LogP contribution in [-0.4, -0.2) is 49.4 Å². The molecule has 2 amide bonds. The zero-order valence-electron chi connectivity index (χ0n) is 13.7. The van der Waals surface area contributed by atoms with Gasteiger partial charge in [0.25, 0.3) is 5.91 Å². The fraction of sp³-hybridized carbons (Fsp3) is 0.471. The minimum atomic E-state index is -0.725. The normalized spacial score (nSPS) is 22.2. The van der Waals surface area contributed by atoms with Crippen molar-refractivity contribution < 1.29 is 19.2 Å². The Morgan fingerprint density at radius 1 is 1.24 bits per heavy atom. The molecule has 2 aliphatic heterocycles. The van der Waals surface area contributed by atoms with Crippen LogP contribution in [0.1, 0.15) is 24.8 Å². The van der Waals surface area contributed by atoms with Crippen molar-refractivity contribution in [2.45, 2.75) is 31.5 Å².